The van der Waals surface area contributed by atoms with Gasteiger partial charge in [-0.05, 0) is 30.7 Å². The summed E-state index contributed by atoms with van der Waals surface area (Å²) < 4.78 is 37.2. The van der Waals surface area contributed by atoms with E-state index in [1.54, 1.807) is 19.1 Å². The summed E-state index contributed by atoms with van der Waals surface area (Å²) in [5, 5.41) is -1.02. The van der Waals surface area contributed by atoms with Crippen LogP contribution >= 0.6 is 11.3 Å². The number of anilines is 1. The molecule has 0 spiro atoms. The number of carbonyl (C=O) groups excluding carboxylic acids is 1. The first-order valence-corrected chi connectivity index (χ1v) is 6.04. The largest absolute Gasteiger partial charge is 0.443 e. The quantitative estimate of drug-likeness (QED) is 0.681. The number of hydrogen-bond donors (Lipinski definition) is 1. The van der Waals surface area contributed by atoms with Crippen molar-refractivity contribution in [1.82, 2.24) is 4.98 Å². The molecule has 0 bridgehead atoms. The van der Waals surface area contributed by atoms with E-state index in [4.69, 9.17) is 5.73 Å². The van der Waals surface area contributed by atoms with E-state index < -0.39 is 17.0 Å². The highest BCUT2D eigenvalue weighted by Gasteiger charge is 2.35. The SMILES string of the molecule is Cc1cc(C(=O)c2cnc(C(F)(F)F)s2)ccc1N. The number of aryl methyl sites for hydroxylation is 1. The Bertz CT molecular complexity index is 634. The van der Waals surface area contributed by atoms with Gasteiger partial charge >= 0.3 is 6.18 Å². The first kappa shape index (κ1) is 13.5. The van der Waals surface area contributed by atoms with Gasteiger partial charge in [0, 0.05) is 17.4 Å². The maximum absolute atomic E-state index is 12.4. The molecule has 3 nitrogen and oxygen atoms in total. The van der Waals surface area contributed by atoms with Crippen molar-refractivity contribution in [1.29, 1.82) is 0 Å². The van der Waals surface area contributed by atoms with E-state index >= 15 is 0 Å². The van der Waals surface area contributed by atoms with Gasteiger partial charge in [-0.15, -0.1) is 11.3 Å². The van der Waals surface area contributed by atoms with Crippen molar-refractivity contribution in [2.24, 2.45) is 0 Å². The van der Waals surface area contributed by atoms with Crippen molar-refractivity contribution >= 4 is 22.8 Å². The van der Waals surface area contributed by atoms with Gasteiger partial charge in [0.05, 0.1) is 4.88 Å². The molecule has 7 heteroatoms. The molecule has 0 fully saturated rings. The van der Waals surface area contributed by atoms with Gasteiger partial charge in [0.1, 0.15) is 0 Å². The standard InChI is InChI=1S/C12H9F3N2OS/c1-6-4-7(2-3-8(6)16)10(18)9-5-17-11(19-9)12(13,14)15/h2-5H,16H2,1H3. The first-order valence-electron chi connectivity index (χ1n) is 5.23. The normalized spacial score (nSPS) is 11.6. The van der Waals surface area contributed by atoms with Gasteiger partial charge in [-0.3, -0.25) is 4.79 Å². The number of nitrogens with zero attached hydrogens (tertiary/aromatic N) is 1. The van der Waals surface area contributed by atoms with Crippen molar-refractivity contribution in [3.05, 3.63) is 45.4 Å². The van der Waals surface area contributed by atoms with Crippen LogP contribution < -0.4 is 5.73 Å². The topological polar surface area (TPSA) is 56.0 Å². The fraction of sp³-hybridized carbons (Fsp3) is 0.167. The van der Waals surface area contributed by atoms with E-state index in [2.05, 4.69) is 4.98 Å². The summed E-state index contributed by atoms with van der Waals surface area (Å²) in [6.07, 6.45) is -3.58. The van der Waals surface area contributed by atoms with Crippen LogP contribution in [0.2, 0.25) is 0 Å². The second kappa shape index (κ2) is 4.65. The van der Waals surface area contributed by atoms with Crippen molar-refractivity contribution in [3.8, 4) is 0 Å². The van der Waals surface area contributed by atoms with Crippen LogP contribution in [0.3, 0.4) is 0 Å². The van der Waals surface area contributed by atoms with Gasteiger partial charge in [0.15, 0.2) is 5.01 Å². The third kappa shape index (κ3) is 2.76. The fourth-order valence-electron chi connectivity index (χ4n) is 1.47. The molecule has 0 amide bonds. The number of halogens is 3. The van der Waals surface area contributed by atoms with Gasteiger partial charge in [0.25, 0.3) is 0 Å². The number of hydrogen-bond acceptors (Lipinski definition) is 4. The zero-order valence-corrected chi connectivity index (χ0v) is 10.6. The molecule has 0 aliphatic rings. The smallest absolute Gasteiger partial charge is 0.399 e. The first-order chi connectivity index (χ1) is 8.79. The number of aromatic nitrogens is 1. The van der Waals surface area contributed by atoms with Crippen molar-refractivity contribution in [2.45, 2.75) is 13.1 Å². The highest BCUT2D eigenvalue weighted by Crippen LogP contribution is 2.33. The molecule has 0 radical (unpaired) electrons. The van der Waals surface area contributed by atoms with Crippen LogP contribution in [0.1, 0.15) is 25.8 Å². The van der Waals surface area contributed by atoms with Crippen molar-refractivity contribution in [3.63, 3.8) is 0 Å². The summed E-state index contributed by atoms with van der Waals surface area (Å²) in [5.74, 6) is -0.490. The molecular formula is C12H9F3N2OS. The van der Waals surface area contributed by atoms with Crippen LogP contribution in [-0.2, 0) is 6.18 Å². The summed E-state index contributed by atoms with van der Waals surface area (Å²) >= 11 is 0.336. The molecular weight excluding hydrogens is 277 g/mol. The molecule has 0 aliphatic heterocycles. The summed E-state index contributed by atoms with van der Waals surface area (Å²) in [6.45, 7) is 1.72. The summed E-state index contributed by atoms with van der Waals surface area (Å²) in [4.78, 5) is 15.2. The number of thiazole rings is 1. The average molecular weight is 286 g/mol. The van der Waals surface area contributed by atoms with Gasteiger partial charge in [-0.1, -0.05) is 0 Å². The van der Waals surface area contributed by atoms with Crippen LogP contribution in [0, 0.1) is 6.92 Å². The van der Waals surface area contributed by atoms with Gasteiger partial charge in [-0.2, -0.15) is 13.2 Å². The highest BCUT2D eigenvalue weighted by atomic mass is 32.1. The minimum Gasteiger partial charge on any atom is -0.399 e. The summed E-state index contributed by atoms with van der Waals surface area (Å²) in [5.41, 5.74) is 7.14. The summed E-state index contributed by atoms with van der Waals surface area (Å²) in [6, 6.07) is 4.58. The number of nitrogen functional groups attached to an aromatic ring is 1. The molecule has 0 saturated heterocycles. The molecule has 1 aromatic heterocycles. The Balaban J connectivity index is 2.34. The third-order valence-electron chi connectivity index (χ3n) is 2.50. The fourth-order valence-corrected chi connectivity index (χ4v) is 2.21. The minimum absolute atomic E-state index is 0.0449. The Morgan fingerprint density at radius 1 is 1.37 bits per heavy atom. The molecule has 1 aromatic carbocycles. The number of ketones is 1. The van der Waals surface area contributed by atoms with Gasteiger partial charge in [0.2, 0.25) is 5.78 Å². The molecule has 0 atom stereocenters. The second-order valence-electron chi connectivity index (χ2n) is 3.93. The van der Waals surface area contributed by atoms with Gasteiger partial charge in [-0.25, -0.2) is 4.98 Å². The number of benzene rings is 1. The van der Waals surface area contributed by atoms with Gasteiger partial charge < -0.3 is 5.73 Å². The zero-order chi connectivity index (χ0) is 14.2. The molecule has 100 valence electrons. The predicted octanol–water partition coefficient (Wildman–Crippen LogP) is 3.28. The monoisotopic (exact) mass is 286 g/mol. The van der Waals surface area contributed by atoms with E-state index in [1.807, 2.05) is 0 Å². The lowest BCUT2D eigenvalue weighted by molar-refractivity contribution is -0.137. The number of carbonyl (C=O) groups is 1. The molecule has 0 aliphatic carbocycles. The Morgan fingerprint density at radius 3 is 2.58 bits per heavy atom. The Hall–Kier alpha value is -1.89. The lowest BCUT2D eigenvalue weighted by Gasteiger charge is -2.03. The second-order valence-corrected chi connectivity index (χ2v) is 4.96. The molecule has 2 rings (SSSR count). The Labute approximate surface area is 110 Å². The lowest BCUT2D eigenvalue weighted by atomic mass is 10.1. The molecule has 1 heterocycles. The van der Waals surface area contributed by atoms with Crippen LogP contribution in [0.4, 0.5) is 18.9 Å². The zero-order valence-electron chi connectivity index (χ0n) is 9.78. The summed E-state index contributed by atoms with van der Waals surface area (Å²) in [7, 11) is 0. The van der Waals surface area contributed by atoms with Crippen LogP contribution in [0.15, 0.2) is 24.4 Å². The third-order valence-corrected chi connectivity index (χ3v) is 3.54. The predicted molar refractivity (Wildman–Crippen MR) is 66.1 cm³/mol. The van der Waals surface area contributed by atoms with E-state index in [1.165, 1.54) is 6.07 Å². The van der Waals surface area contributed by atoms with Crippen molar-refractivity contribution < 1.29 is 18.0 Å². The van der Waals surface area contributed by atoms with E-state index in [0.717, 1.165) is 6.20 Å². The molecule has 0 unspecified atom stereocenters. The number of alkyl halides is 3. The van der Waals surface area contributed by atoms with Crippen LogP contribution in [0.5, 0.6) is 0 Å². The maximum atomic E-state index is 12.4. The molecule has 19 heavy (non-hydrogen) atoms. The molecule has 0 saturated carbocycles. The van der Waals surface area contributed by atoms with E-state index in [-0.39, 0.29) is 4.88 Å². The lowest BCUT2D eigenvalue weighted by Crippen LogP contribution is -2.03. The number of rotatable bonds is 2. The Kier molecular flexibility index (Phi) is 3.32. The highest BCUT2D eigenvalue weighted by molar-refractivity contribution is 7.13. The van der Waals surface area contributed by atoms with Crippen LogP contribution in [0.25, 0.3) is 0 Å². The average Bonchev–Trinajstić information content (AvgIpc) is 2.81. The molecule has 2 aromatic rings. The Morgan fingerprint density at radius 2 is 2.05 bits per heavy atom. The molecule has 2 N–H and O–H groups in total. The van der Waals surface area contributed by atoms with Crippen molar-refractivity contribution in [2.75, 3.05) is 5.73 Å². The maximum Gasteiger partial charge on any atom is 0.443 e. The van der Waals surface area contributed by atoms with E-state index in [9.17, 15) is 18.0 Å². The van der Waals surface area contributed by atoms with E-state index in [0.29, 0.717) is 28.2 Å². The minimum atomic E-state index is -4.53. The number of nitrogens with two attached hydrogens (primary N) is 1. The van der Waals surface area contributed by atoms with Crippen LogP contribution in [-0.4, -0.2) is 10.8 Å².